The van der Waals surface area contributed by atoms with Gasteiger partial charge in [0, 0.05) is 11.1 Å². The van der Waals surface area contributed by atoms with Crippen molar-refractivity contribution in [3.8, 4) is 22.5 Å². The zero-order chi connectivity index (χ0) is 19.5. The Morgan fingerprint density at radius 3 is 2.39 bits per heavy atom. The second kappa shape index (κ2) is 7.56. The lowest BCUT2D eigenvalue weighted by molar-refractivity contribution is 0.101. The van der Waals surface area contributed by atoms with E-state index in [4.69, 9.17) is 0 Å². The van der Waals surface area contributed by atoms with Crippen molar-refractivity contribution in [3.05, 3.63) is 89.5 Å². The van der Waals surface area contributed by atoms with Crippen LogP contribution in [0.15, 0.2) is 72.8 Å². The summed E-state index contributed by atoms with van der Waals surface area (Å²) >= 11 is 0. The van der Waals surface area contributed by atoms with Gasteiger partial charge in [0.1, 0.15) is 0 Å². The Bertz CT molecular complexity index is 1120. The van der Waals surface area contributed by atoms with Crippen molar-refractivity contribution in [3.63, 3.8) is 0 Å². The minimum atomic E-state index is 0.0582. The molecule has 0 N–H and O–H groups in total. The first-order chi connectivity index (χ1) is 13.6. The number of hydrogen-bond donors (Lipinski definition) is 0. The maximum Gasteiger partial charge on any atom is 0.182 e. The quantitative estimate of drug-likeness (QED) is 0.484. The highest BCUT2D eigenvalue weighted by Gasteiger charge is 2.15. The first-order valence-electron chi connectivity index (χ1n) is 9.14. The molecular weight excluding hydrogens is 348 g/mol. The maximum atomic E-state index is 11.6. The molecule has 0 spiro atoms. The van der Waals surface area contributed by atoms with Crippen molar-refractivity contribution in [2.75, 3.05) is 0 Å². The van der Waals surface area contributed by atoms with Crippen LogP contribution in [-0.4, -0.2) is 26.0 Å². The molecule has 3 aromatic carbocycles. The van der Waals surface area contributed by atoms with Gasteiger partial charge in [-0.1, -0.05) is 78.4 Å². The Morgan fingerprint density at radius 1 is 0.929 bits per heavy atom. The molecular formula is C23H20N4O. The van der Waals surface area contributed by atoms with Gasteiger partial charge in [-0.3, -0.25) is 4.79 Å². The number of benzene rings is 3. The van der Waals surface area contributed by atoms with Crippen molar-refractivity contribution < 1.29 is 4.79 Å². The van der Waals surface area contributed by atoms with Crippen LogP contribution in [0.25, 0.3) is 22.5 Å². The van der Waals surface area contributed by atoms with Crippen molar-refractivity contribution in [1.29, 1.82) is 0 Å². The van der Waals surface area contributed by atoms with E-state index in [1.165, 1.54) is 0 Å². The number of nitrogens with zero attached hydrogens (tertiary/aromatic N) is 4. The lowest BCUT2D eigenvalue weighted by Gasteiger charge is -2.12. The molecule has 0 saturated carbocycles. The first kappa shape index (κ1) is 17.8. The lowest BCUT2D eigenvalue weighted by Crippen LogP contribution is -2.05. The smallest absolute Gasteiger partial charge is 0.182 e. The fourth-order valence-corrected chi connectivity index (χ4v) is 3.24. The van der Waals surface area contributed by atoms with E-state index in [2.05, 4.69) is 52.8 Å². The summed E-state index contributed by atoms with van der Waals surface area (Å²) in [7, 11) is 0. The first-order valence-corrected chi connectivity index (χ1v) is 9.14. The van der Waals surface area contributed by atoms with Crippen LogP contribution < -0.4 is 0 Å². The van der Waals surface area contributed by atoms with E-state index in [9.17, 15) is 4.79 Å². The average Bonchev–Trinajstić information content (AvgIpc) is 3.16. The van der Waals surface area contributed by atoms with E-state index in [-0.39, 0.29) is 5.78 Å². The highest BCUT2D eigenvalue weighted by atomic mass is 16.1. The largest absolute Gasteiger partial charge is 0.295 e. The number of carbonyl (C=O) groups excluding carboxylic acids is 1. The number of rotatable bonds is 5. The Hall–Kier alpha value is -3.60. The van der Waals surface area contributed by atoms with Crippen LogP contribution in [0.1, 0.15) is 28.4 Å². The number of aromatic nitrogens is 4. The van der Waals surface area contributed by atoms with Crippen LogP contribution in [-0.2, 0) is 6.54 Å². The molecule has 1 heterocycles. The third-order valence-corrected chi connectivity index (χ3v) is 4.73. The van der Waals surface area contributed by atoms with Crippen LogP contribution in [0.2, 0.25) is 0 Å². The molecule has 4 rings (SSSR count). The Balaban J connectivity index is 1.78. The summed E-state index contributed by atoms with van der Waals surface area (Å²) in [5.74, 6) is 0.775. The van der Waals surface area contributed by atoms with Gasteiger partial charge in [0.15, 0.2) is 11.6 Å². The number of hydrogen-bond acceptors (Lipinski definition) is 4. The summed E-state index contributed by atoms with van der Waals surface area (Å²) < 4.78 is 1.81. The van der Waals surface area contributed by atoms with Crippen LogP contribution in [0.3, 0.4) is 0 Å². The molecule has 28 heavy (non-hydrogen) atoms. The Labute approximate surface area is 163 Å². The van der Waals surface area contributed by atoms with Crippen LogP contribution >= 0.6 is 0 Å². The van der Waals surface area contributed by atoms with Gasteiger partial charge in [-0.05, 0) is 41.0 Å². The molecule has 0 aliphatic carbocycles. The molecule has 0 fully saturated rings. The molecule has 1 aromatic heterocycles. The number of Topliss-reactive ketones (excluding diaryl/α,β-unsaturated/α-hetero) is 1. The number of tetrazole rings is 1. The predicted octanol–water partition coefficient (Wildman–Crippen LogP) is 4.57. The standard InChI is InChI=1S/C23H20N4O/c1-16-8-13-21(22(14-16)20-11-9-19(10-12-20)17(2)28)23-24-25-26-27(23)15-18-6-4-3-5-7-18/h3-14H,15H2,1-2H3. The van der Waals surface area contributed by atoms with E-state index in [0.29, 0.717) is 12.1 Å². The summed E-state index contributed by atoms with van der Waals surface area (Å²) in [5, 5.41) is 12.4. The third kappa shape index (κ3) is 3.60. The molecule has 0 amide bonds. The molecule has 0 saturated heterocycles. The molecule has 0 atom stereocenters. The summed E-state index contributed by atoms with van der Waals surface area (Å²) in [5.41, 5.74) is 6.01. The van der Waals surface area contributed by atoms with Gasteiger partial charge in [-0.15, -0.1) is 5.10 Å². The van der Waals surface area contributed by atoms with Gasteiger partial charge in [0.2, 0.25) is 0 Å². The molecule has 4 aromatic rings. The normalized spacial score (nSPS) is 10.8. The molecule has 5 nitrogen and oxygen atoms in total. The molecule has 0 bridgehead atoms. The number of carbonyl (C=O) groups is 1. The lowest BCUT2D eigenvalue weighted by atomic mass is 9.96. The van der Waals surface area contributed by atoms with Gasteiger partial charge in [-0.25, -0.2) is 4.68 Å². The second-order valence-electron chi connectivity index (χ2n) is 6.83. The number of ketones is 1. The van der Waals surface area contributed by atoms with Gasteiger partial charge in [-0.2, -0.15) is 0 Å². The van der Waals surface area contributed by atoms with Gasteiger partial charge in [0.05, 0.1) is 6.54 Å². The molecule has 0 radical (unpaired) electrons. The molecule has 0 aliphatic heterocycles. The van der Waals surface area contributed by atoms with E-state index in [1.807, 2.05) is 47.1 Å². The summed E-state index contributed by atoms with van der Waals surface area (Å²) in [6.07, 6.45) is 0. The van der Waals surface area contributed by atoms with E-state index in [0.717, 1.165) is 33.6 Å². The molecule has 138 valence electrons. The van der Waals surface area contributed by atoms with E-state index >= 15 is 0 Å². The van der Waals surface area contributed by atoms with Crippen LogP contribution in [0.5, 0.6) is 0 Å². The Morgan fingerprint density at radius 2 is 1.68 bits per heavy atom. The SMILES string of the molecule is CC(=O)c1ccc(-c2cc(C)ccc2-c2nnnn2Cc2ccccc2)cc1. The predicted molar refractivity (Wildman–Crippen MR) is 109 cm³/mol. The highest BCUT2D eigenvalue weighted by Crippen LogP contribution is 2.32. The van der Waals surface area contributed by atoms with Gasteiger partial charge >= 0.3 is 0 Å². The van der Waals surface area contributed by atoms with E-state index in [1.54, 1.807) is 6.92 Å². The van der Waals surface area contributed by atoms with E-state index < -0.39 is 0 Å². The monoisotopic (exact) mass is 368 g/mol. The van der Waals surface area contributed by atoms with Crippen molar-refractivity contribution in [1.82, 2.24) is 20.2 Å². The summed E-state index contributed by atoms with van der Waals surface area (Å²) in [6.45, 7) is 4.23. The van der Waals surface area contributed by atoms with Crippen LogP contribution in [0, 0.1) is 6.92 Å². The second-order valence-corrected chi connectivity index (χ2v) is 6.83. The molecule has 5 heteroatoms. The fraction of sp³-hybridized carbons (Fsp3) is 0.130. The zero-order valence-corrected chi connectivity index (χ0v) is 15.8. The fourth-order valence-electron chi connectivity index (χ4n) is 3.24. The maximum absolute atomic E-state index is 11.6. The van der Waals surface area contributed by atoms with Crippen molar-refractivity contribution in [2.24, 2.45) is 0 Å². The highest BCUT2D eigenvalue weighted by molar-refractivity contribution is 5.94. The van der Waals surface area contributed by atoms with Gasteiger partial charge in [0.25, 0.3) is 0 Å². The summed E-state index contributed by atoms with van der Waals surface area (Å²) in [6, 6.07) is 24.0. The van der Waals surface area contributed by atoms with Crippen LogP contribution in [0.4, 0.5) is 0 Å². The Kier molecular flexibility index (Phi) is 4.81. The number of aryl methyl sites for hydroxylation is 1. The zero-order valence-electron chi connectivity index (χ0n) is 15.8. The average molecular weight is 368 g/mol. The topological polar surface area (TPSA) is 60.7 Å². The van der Waals surface area contributed by atoms with Crippen molar-refractivity contribution >= 4 is 5.78 Å². The third-order valence-electron chi connectivity index (χ3n) is 4.73. The molecule has 0 aliphatic rings. The minimum Gasteiger partial charge on any atom is -0.295 e. The summed E-state index contributed by atoms with van der Waals surface area (Å²) in [4.78, 5) is 11.6. The molecule has 0 unspecified atom stereocenters. The van der Waals surface area contributed by atoms with Gasteiger partial charge < -0.3 is 0 Å². The van der Waals surface area contributed by atoms with Crippen molar-refractivity contribution in [2.45, 2.75) is 20.4 Å². The minimum absolute atomic E-state index is 0.0582.